The van der Waals surface area contributed by atoms with E-state index in [1.807, 2.05) is 0 Å². The summed E-state index contributed by atoms with van der Waals surface area (Å²) in [6.45, 7) is -0.0432. The lowest BCUT2D eigenvalue weighted by Gasteiger charge is -2.11. The standard InChI is InChI=1S/C12H16ClNO5S2/c1-19-12-5-4-11(21(13,17)18)6-10(12)7-14-20(15,16)8-9-2-3-9/h4-6,9,14H,2-3,7-8H2,1H3. The highest BCUT2D eigenvalue weighted by Crippen LogP contribution is 2.30. The van der Waals surface area contributed by atoms with E-state index in [1.54, 1.807) is 0 Å². The van der Waals surface area contributed by atoms with Crippen molar-refractivity contribution in [3.63, 3.8) is 0 Å². The average molecular weight is 354 g/mol. The van der Waals surface area contributed by atoms with Gasteiger partial charge in [-0.05, 0) is 37.0 Å². The van der Waals surface area contributed by atoms with Crippen molar-refractivity contribution in [1.29, 1.82) is 0 Å². The van der Waals surface area contributed by atoms with Crippen LogP contribution in [-0.2, 0) is 25.6 Å². The van der Waals surface area contributed by atoms with Gasteiger partial charge in [-0.1, -0.05) is 0 Å². The number of halogens is 1. The summed E-state index contributed by atoms with van der Waals surface area (Å²) in [7, 11) is -0.542. The zero-order valence-corrected chi connectivity index (χ0v) is 13.8. The number of benzene rings is 1. The Morgan fingerprint density at radius 2 is 1.95 bits per heavy atom. The van der Waals surface area contributed by atoms with E-state index in [9.17, 15) is 16.8 Å². The number of ether oxygens (including phenoxy) is 1. The molecule has 0 spiro atoms. The highest BCUT2D eigenvalue weighted by atomic mass is 35.7. The molecule has 0 aliphatic heterocycles. The van der Waals surface area contributed by atoms with Gasteiger partial charge in [-0.2, -0.15) is 0 Å². The van der Waals surface area contributed by atoms with Gasteiger partial charge in [0.2, 0.25) is 10.0 Å². The fraction of sp³-hybridized carbons (Fsp3) is 0.500. The van der Waals surface area contributed by atoms with Crippen LogP contribution in [0.2, 0.25) is 0 Å². The maximum absolute atomic E-state index is 11.8. The van der Waals surface area contributed by atoms with E-state index in [1.165, 1.54) is 25.3 Å². The van der Waals surface area contributed by atoms with E-state index in [4.69, 9.17) is 15.4 Å². The quantitative estimate of drug-likeness (QED) is 0.749. The monoisotopic (exact) mass is 353 g/mol. The third-order valence-corrected chi connectivity index (χ3v) is 6.01. The van der Waals surface area contributed by atoms with Crippen LogP contribution in [0.4, 0.5) is 0 Å². The van der Waals surface area contributed by atoms with Gasteiger partial charge in [0.05, 0.1) is 17.8 Å². The molecule has 0 saturated heterocycles. The summed E-state index contributed by atoms with van der Waals surface area (Å²) in [4.78, 5) is -0.0960. The average Bonchev–Trinajstić information content (AvgIpc) is 3.18. The summed E-state index contributed by atoms with van der Waals surface area (Å²) >= 11 is 0. The summed E-state index contributed by atoms with van der Waals surface area (Å²) in [6.07, 6.45) is 1.87. The van der Waals surface area contributed by atoms with Crippen molar-refractivity contribution in [3.05, 3.63) is 23.8 Å². The van der Waals surface area contributed by atoms with E-state index in [0.717, 1.165) is 12.8 Å². The summed E-state index contributed by atoms with van der Waals surface area (Å²) in [5.41, 5.74) is 0.415. The maximum atomic E-state index is 11.8. The summed E-state index contributed by atoms with van der Waals surface area (Å²) in [5.74, 6) is 0.732. The minimum absolute atomic E-state index is 0.0432. The van der Waals surface area contributed by atoms with E-state index < -0.39 is 19.1 Å². The van der Waals surface area contributed by atoms with Crippen molar-refractivity contribution in [3.8, 4) is 5.75 Å². The van der Waals surface area contributed by atoms with Crippen LogP contribution in [0.1, 0.15) is 18.4 Å². The fourth-order valence-corrected chi connectivity index (χ4v) is 4.13. The lowest BCUT2D eigenvalue weighted by molar-refractivity contribution is 0.408. The molecule has 1 aromatic carbocycles. The normalized spacial score (nSPS) is 15.9. The van der Waals surface area contributed by atoms with Crippen molar-refractivity contribution in [2.45, 2.75) is 24.3 Å². The molecule has 6 nitrogen and oxygen atoms in total. The van der Waals surface area contributed by atoms with Gasteiger partial charge < -0.3 is 4.74 Å². The molecule has 1 N–H and O–H groups in total. The fourth-order valence-electron chi connectivity index (χ4n) is 1.89. The first-order chi connectivity index (χ1) is 9.71. The highest BCUT2D eigenvalue weighted by molar-refractivity contribution is 8.13. The molecular formula is C12H16ClNO5S2. The molecule has 0 unspecified atom stereocenters. The number of methoxy groups -OCH3 is 1. The molecule has 1 aliphatic rings. The zero-order valence-electron chi connectivity index (χ0n) is 11.4. The SMILES string of the molecule is COc1ccc(S(=O)(=O)Cl)cc1CNS(=O)(=O)CC1CC1. The molecule has 21 heavy (non-hydrogen) atoms. The van der Waals surface area contributed by atoms with Crippen LogP contribution in [0.15, 0.2) is 23.1 Å². The number of sulfonamides is 1. The van der Waals surface area contributed by atoms with Gasteiger partial charge in [0.1, 0.15) is 5.75 Å². The maximum Gasteiger partial charge on any atom is 0.261 e. The molecule has 0 bridgehead atoms. The summed E-state index contributed by atoms with van der Waals surface area (Å²) in [5, 5.41) is 0. The first-order valence-electron chi connectivity index (χ1n) is 6.30. The Morgan fingerprint density at radius 3 is 2.48 bits per heavy atom. The second kappa shape index (κ2) is 6.12. The third kappa shape index (κ3) is 4.84. The van der Waals surface area contributed by atoms with Crippen LogP contribution in [0.3, 0.4) is 0 Å². The van der Waals surface area contributed by atoms with Crippen LogP contribution in [0.25, 0.3) is 0 Å². The zero-order chi connectivity index (χ0) is 15.7. The number of hydrogen-bond donors (Lipinski definition) is 1. The Kier molecular flexibility index (Phi) is 4.82. The van der Waals surface area contributed by atoms with Gasteiger partial charge in [0.15, 0.2) is 0 Å². The van der Waals surface area contributed by atoms with E-state index in [0.29, 0.717) is 11.3 Å². The van der Waals surface area contributed by atoms with Crippen molar-refractivity contribution in [2.75, 3.05) is 12.9 Å². The predicted octanol–water partition coefficient (Wildman–Crippen LogP) is 1.45. The Hall–Kier alpha value is -0.830. The van der Waals surface area contributed by atoms with Crippen molar-refractivity contribution < 1.29 is 21.6 Å². The van der Waals surface area contributed by atoms with E-state index in [-0.39, 0.29) is 23.1 Å². The highest BCUT2D eigenvalue weighted by Gasteiger charge is 2.28. The number of rotatable bonds is 7. The van der Waals surface area contributed by atoms with Crippen molar-refractivity contribution in [1.82, 2.24) is 4.72 Å². The van der Waals surface area contributed by atoms with Crippen LogP contribution >= 0.6 is 10.7 Å². The predicted molar refractivity (Wildman–Crippen MR) is 79.4 cm³/mol. The van der Waals surface area contributed by atoms with Crippen molar-refractivity contribution in [2.24, 2.45) is 5.92 Å². The molecular weight excluding hydrogens is 338 g/mol. The van der Waals surface area contributed by atoms with Crippen molar-refractivity contribution >= 4 is 29.8 Å². The van der Waals surface area contributed by atoms with Gasteiger partial charge in [-0.15, -0.1) is 0 Å². The Labute approximate surface area is 128 Å². The largest absolute Gasteiger partial charge is 0.496 e. The van der Waals surface area contributed by atoms with Gasteiger partial charge in [0.25, 0.3) is 9.05 Å². The molecule has 1 saturated carbocycles. The van der Waals surface area contributed by atoms with Gasteiger partial charge in [-0.25, -0.2) is 21.6 Å². The molecule has 0 amide bonds. The van der Waals surface area contributed by atoms with Crippen LogP contribution < -0.4 is 9.46 Å². The molecule has 0 heterocycles. The first kappa shape index (κ1) is 16.5. The molecule has 0 aromatic heterocycles. The molecule has 1 aromatic rings. The number of nitrogens with one attached hydrogen (secondary N) is 1. The van der Waals surface area contributed by atoms with Gasteiger partial charge >= 0.3 is 0 Å². The smallest absolute Gasteiger partial charge is 0.261 e. The van der Waals surface area contributed by atoms with Gasteiger partial charge in [-0.3, -0.25) is 0 Å². The minimum atomic E-state index is -3.87. The Balaban J connectivity index is 2.17. The van der Waals surface area contributed by atoms with E-state index >= 15 is 0 Å². The molecule has 2 rings (SSSR count). The Morgan fingerprint density at radius 1 is 1.29 bits per heavy atom. The molecule has 0 radical (unpaired) electrons. The lowest BCUT2D eigenvalue weighted by Crippen LogP contribution is -2.27. The second-order valence-electron chi connectivity index (χ2n) is 4.96. The minimum Gasteiger partial charge on any atom is -0.496 e. The summed E-state index contributed by atoms with van der Waals surface area (Å²) in [6, 6.07) is 4.06. The molecule has 118 valence electrons. The number of hydrogen-bond acceptors (Lipinski definition) is 5. The third-order valence-electron chi connectivity index (χ3n) is 3.17. The lowest BCUT2D eigenvalue weighted by atomic mass is 10.2. The summed E-state index contributed by atoms with van der Waals surface area (Å²) < 4.78 is 53.9. The second-order valence-corrected chi connectivity index (χ2v) is 9.37. The molecule has 0 atom stereocenters. The molecule has 9 heteroatoms. The van der Waals surface area contributed by atoms with Crippen LogP contribution in [0.5, 0.6) is 5.75 Å². The first-order valence-corrected chi connectivity index (χ1v) is 10.3. The van der Waals surface area contributed by atoms with Crippen LogP contribution in [-0.4, -0.2) is 29.7 Å². The Bertz CT molecular complexity index is 726. The van der Waals surface area contributed by atoms with E-state index in [2.05, 4.69) is 4.72 Å². The molecule has 1 fully saturated rings. The topological polar surface area (TPSA) is 89.5 Å². The van der Waals surface area contributed by atoms with Gasteiger partial charge in [0, 0.05) is 22.8 Å². The van der Waals surface area contributed by atoms with Crippen LogP contribution in [0, 0.1) is 5.92 Å². The molecule has 1 aliphatic carbocycles.